The summed E-state index contributed by atoms with van der Waals surface area (Å²) in [5.74, 6) is -0.554. The van der Waals surface area contributed by atoms with E-state index in [1.54, 1.807) is 24.3 Å². The van der Waals surface area contributed by atoms with Gasteiger partial charge in [0.05, 0.1) is 0 Å². The maximum absolute atomic E-state index is 11.3. The monoisotopic (exact) mass is 260 g/mol. The first-order valence-corrected chi connectivity index (χ1v) is 5.32. The van der Waals surface area contributed by atoms with Gasteiger partial charge in [0.1, 0.15) is 5.38 Å². The van der Waals surface area contributed by atoms with Crippen LogP contribution in [0.2, 0.25) is 5.02 Å². The highest BCUT2D eigenvalue weighted by atomic mass is 35.5. The van der Waals surface area contributed by atoms with E-state index in [0.717, 1.165) is 0 Å². The van der Waals surface area contributed by atoms with Crippen LogP contribution in [0, 0.1) is 0 Å². The van der Waals surface area contributed by atoms with Crippen LogP contribution in [0.1, 0.15) is 6.92 Å². The Kier molecular flexibility index (Phi) is 4.58. The van der Waals surface area contributed by atoms with Gasteiger partial charge < -0.3 is 5.32 Å². The van der Waals surface area contributed by atoms with Gasteiger partial charge in [-0.25, -0.2) is 4.79 Å². The molecule has 16 heavy (non-hydrogen) atoms. The molecule has 86 valence electrons. The highest BCUT2D eigenvalue weighted by Crippen LogP contribution is 2.14. The van der Waals surface area contributed by atoms with E-state index < -0.39 is 17.3 Å². The molecule has 6 heteroatoms. The number of benzene rings is 1. The fourth-order valence-electron chi connectivity index (χ4n) is 0.940. The van der Waals surface area contributed by atoms with Crippen LogP contribution in [0.25, 0.3) is 0 Å². The first kappa shape index (κ1) is 12.8. The lowest BCUT2D eigenvalue weighted by molar-refractivity contribution is -0.119. The van der Waals surface area contributed by atoms with E-state index >= 15 is 0 Å². The van der Waals surface area contributed by atoms with Gasteiger partial charge in [-0.15, -0.1) is 11.6 Å². The molecule has 0 fully saturated rings. The SMILES string of the molecule is CC(Cl)C(=O)NC(=O)Nc1cccc(Cl)c1. The Hall–Kier alpha value is -1.26. The summed E-state index contributed by atoms with van der Waals surface area (Å²) < 4.78 is 0. The van der Waals surface area contributed by atoms with Crippen LogP contribution in [-0.4, -0.2) is 17.3 Å². The van der Waals surface area contributed by atoms with Crippen molar-refractivity contribution in [3.8, 4) is 0 Å². The second kappa shape index (κ2) is 5.72. The van der Waals surface area contributed by atoms with Gasteiger partial charge in [-0.2, -0.15) is 0 Å². The van der Waals surface area contributed by atoms with Gasteiger partial charge >= 0.3 is 6.03 Å². The van der Waals surface area contributed by atoms with Gasteiger partial charge in [-0.3, -0.25) is 10.1 Å². The predicted octanol–water partition coefficient (Wildman–Crippen LogP) is 2.62. The van der Waals surface area contributed by atoms with Crippen molar-refractivity contribution in [3.05, 3.63) is 29.3 Å². The molecule has 2 N–H and O–H groups in total. The molecule has 0 aromatic heterocycles. The zero-order valence-corrected chi connectivity index (χ0v) is 9.97. The molecule has 0 saturated heterocycles. The number of hydrogen-bond donors (Lipinski definition) is 2. The number of hydrogen-bond acceptors (Lipinski definition) is 2. The first-order chi connectivity index (χ1) is 7.49. The van der Waals surface area contributed by atoms with Crippen molar-refractivity contribution in [2.45, 2.75) is 12.3 Å². The van der Waals surface area contributed by atoms with E-state index in [-0.39, 0.29) is 0 Å². The summed E-state index contributed by atoms with van der Waals surface area (Å²) in [5, 5.41) is 4.27. The minimum atomic E-state index is -0.759. The maximum atomic E-state index is 11.3. The molecule has 0 aliphatic carbocycles. The average molecular weight is 261 g/mol. The maximum Gasteiger partial charge on any atom is 0.325 e. The average Bonchev–Trinajstić information content (AvgIpc) is 2.16. The third-order valence-corrected chi connectivity index (χ3v) is 2.11. The molecule has 0 bridgehead atoms. The molecule has 1 atom stereocenters. The van der Waals surface area contributed by atoms with Crippen molar-refractivity contribution < 1.29 is 9.59 Å². The molecule has 4 nitrogen and oxygen atoms in total. The molecule has 1 aromatic carbocycles. The zero-order valence-electron chi connectivity index (χ0n) is 8.46. The minimum absolute atomic E-state index is 0.495. The highest BCUT2D eigenvalue weighted by Gasteiger charge is 2.12. The molecule has 0 heterocycles. The van der Waals surface area contributed by atoms with Crippen molar-refractivity contribution in [3.63, 3.8) is 0 Å². The number of imide groups is 1. The molecule has 1 aromatic rings. The Labute approximate surface area is 103 Å². The van der Waals surface area contributed by atoms with Crippen molar-refractivity contribution >= 4 is 40.8 Å². The van der Waals surface area contributed by atoms with Crippen molar-refractivity contribution in [1.29, 1.82) is 0 Å². The van der Waals surface area contributed by atoms with Crippen LogP contribution in [0.3, 0.4) is 0 Å². The van der Waals surface area contributed by atoms with E-state index in [1.165, 1.54) is 6.92 Å². The van der Waals surface area contributed by atoms with Crippen molar-refractivity contribution in [2.75, 3.05) is 5.32 Å². The topological polar surface area (TPSA) is 58.2 Å². The number of rotatable bonds is 2. The zero-order chi connectivity index (χ0) is 12.1. The summed E-state index contributed by atoms with van der Waals surface area (Å²) in [6.07, 6.45) is 0. The number of nitrogens with one attached hydrogen (secondary N) is 2. The number of carbonyl (C=O) groups is 2. The predicted molar refractivity (Wildman–Crippen MR) is 63.9 cm³/mol. The Morgan fingerprint density at radius 2 is 2.06 bits per heavy atom. The smallest absolute Gasteiger partial charge is 0.308 e. The highest BCUT2D eigenvalue weighted by molar-refractivity contribution is 6.32. The Morgan fingerprint density at radius 1 is 1.38 bits per heavy atom. The molecule has 0 aliphatic heterocycles. The largest absolute Gasteiger partial charge is 0.325 e. The third kappa shape index (κ3) is 4.08. The van der Waals surface area contributed by atoms with E-state index in [2.05, 4.69) is 10.6 Å². The summed E-state index contributed by atoms with van der Waals surface area (Å²) in [5.41, 5.74) is 0.500. The molecular weight excluding hydrogens is 251 g/mol. The molecule has 0 spiro atoms. The van der Waals surface area contributed by atoms with E-state index in [9.17, 15) is 9.59 Å². The van der Waals surface area contributed by atoms with E-state index in [0.29, 0.717) is 10.7 Å². The van der Waals surface area contributed by atoms with E-state index in [4.69, 9.17) is 23.2 Å². The second-order valence-corrected chi connectivity index (χ2v) is 4.16. The quantitative estimate of drug-likeness (QED) is 0.804. The summed E-state index contributed by atoms with van der Waals surface area (Å²) >= 11 is 11.2. The first-order valence-electron chi connectivity index (χ1n) is 4.50. The fourth-order valence-corrected chi connectivity index (χ4v) is 1.18. The van der Waals surface area contributed by atoms with Crippen LogP contribution < -0.4 is 10.6 Å². The molecule has 3 amide bonds. The number of anilines is 1. The normalized spacial score (nSPS) is 11.7. The minimum Gasteiger partial charge on any atom is -0.308 e. The third-order valence-electron chi connectivity index (χ3n) is 1.68. The Balaban J connectivity index is 2.55. The van der Waals surface area contributed by atoms with Gasteiger partial charge in [-0.05, 0) is 25.1 Å². The molecule has 0 aliphatic rings. The van der Waals surface area contributed by atoms with Crippen LogP contribution >= 0.6 is 23.2 Å². The Bertz CT molecular complexity index is 408. The summed E-state index contributed by atoms with van der Waals surface area (Å²) in [6, 6.07) is 5.94. The number of alkyl halides is 1. The fraction of sp³-hybridized carbons (Fsp3) is 0.200. The molecule has 1 rings (SSSR count). The van der Waals surface area contributed by atoms with Gasteiger partial charge in [-0.1, -0.05) is 17.7 Å². The van der Waals surface area contributed by atoms with Gasteiger partial charge in [0.15, 0.2) is 0 Å². The lowest BCUT2D eigenvalue weighted by atomic mass is 10.3. The van der Waals surface area contributed by atoms with Crippen molar-refractivity contribution in [2.24, 2.45) is 0 Å². The van der Waals surface area contributed by atoms with Crippen LogP contribution in [0.5, 0.6) is 0 Å². The number of halogens is 2. The van der Waals surface area contributed by atoms with Crippen LogP contribution in [0.15, 0.2) is 24.3 Å². The number of amides is 3. The second-order valence-electron chi connectivity index (χ2n) is 3.07. The molecule has 1 unspecified atom stereocenters. The Morgan fingerprint density at radius 3 is 2.62 bits per heavy atom. The van der Waals surface area contributed by atoms with Crippen LogP contribution in [0.4, 0.5) is 10.5 Å². The van der Waals surface area contributed by atoms with Gasteiger partial charge in [0.2, 0.25) is 5.91 Å². The molecule has 0 radical (unpaired) electrons. The number of urea groups is 1. The summed E-state index contributed by atoms with van der Waals surface area (Å²) in [6.45, 7) is 1.48. The van der Waals surface area contributed by atoms with Gasteiger partial charge in [0, 0.05) is 10.7 Å². The van der Waals surface area contributed by atoms with E-state index in [1.807, 2.05) is 0 Å². The van der Waals surface area contributed by atoms with Crippen LogP contribution in [-0.2, 0) is 4.79 Å². The molecule has 0 saturated carbocycles. The summed E-state index contributed by atoms with van der Waals surface area (Å²) in [4.78, 5) is 22.4. The van der Waals surface area contributed by atoms with Gasteiger partial charge in [0.25, 0.3) is 0 Å². The van der Waals surface area contributed by atoms with Crippen molar-refractivity contribution in [1.82, 2.24) is 5.32 Å². The summed E-state index contributed by atoms with van der Waals surface area (Å²) in [7, 11) is 0. The lowest BCUT2D eigenvalue weighted by Crippen LogP contribution is -2.38. The standard InChI is InChI=1S/C10H10Cl2N2O2/c1-6(11)9(15)14-10(16)13-8-4-2-3-7(12)5-8/h2-6H,1H3,(H2,13,14,15,16). The molecular formula is C10H10Cl2N2O2. The lowest BCUT2D eigenvalue weighted by Gasteiger charge is -2.07. The number of carbonyl (C=O) groups excluding carboxylic acids is 2.